The second-order valence-electron chi connectivity index (χ2n) is 12.7. The highest BCUT2D eigenvalue weighted by Crippen LogP contribution is 2.37. The molecular formula is C33H39ClF2N10O4. The number of rotatable bonds is 11. The molecule has 6 rings (SSSR count). The van der Waals surface area contributed by atoms with Crippen molar-refractivity contribution < 1.29 is 27.9 Å². The van der Waals surface area contributed by atoms with Crippen LogP contribution in [0.25, 0.3) is 16.9 Å². The lowest BCUT2D eigenvalue weighted by molar-refractivity contribution is -0.134. The van der Waals surface area contributed by atoms with E-state index in [0.29, 0.717) is 31.2 Å². The number of nitrogens with zero attached hydrogens (tertiary/aromatic N) is 9. The van der Waals surface area contributed by atoms with Gasteiger partial charge >= 0.3 is 6.61 Å². The zero-order chi connectivity index (χ0) is 35.4. The Bertz CT molecular complexity index is 1830. The summed E-state index contributed by atoms with van der Waals surface area (Å²) in [5, 5.41) is 11.7. The molecule has 17 heteroatoms. The molecule has 50 heavy (non-hydrogen) atoms. The third-order valence-corrected chi connectivity index (χ3v) is 9.29. The highest BCUT2D eigenvalue weighted by atomic mass is 35.5. The summed E-state index contributed by atoms with van der Waals surface area (Å²) in [6.45, 7) is 2.52. The van der Waals surface area contributed by atoms with E-state index in [-0.39, 0.29) is 51.6 Å². The fourth-order valence-corrected chi connectivity index (χ4v) is 6.47. The van der Waals surface area contributed by atoms with E-state index < -0.39 is 12.5 Å². The Morgan fingerprint density at radius 2 is 1.82 bits per heavy atom. The molecule has 14 nitrogen and oxygen atoms in total. The Labute approximate surface area is 292 Å². The maximum Gasteiger partial charge on any atom is 0.387 e. The lowest BCUT2D eigenvalue weighted by Crippen LogP contribution is -2.51. The van der Waals surface area contributed by atoms with E-state index in [9.17, 15) is 23.2 Å². The van der Waals surface area contributed by atoms with Crippen LogP contribution >= 0.6 is 11.6 Å². The van der Waals surface area contributed by atoms with Gasteiger partial charge in [0.25, 0.3) is 5.91 Å². The summed E-state index contributed by atoms with van der Waals surface area (Å²) in [6.07, 6.45) is 8.09. The molecule has 4 aromatic rings. The monoisotopic (exact) mass is 712 g/mol. The molecule has 1 aromatic carbocycles. The largest absolute Gasteiger partial charge is 0.434 e. The molecule has 0 aliphatic carbocycles. The van der Waals surface area contributed by atoms with E-state index in [4.69, 9.17) is 16.3 Å². The van der Waals surface area contributed by atoms with Crippen molar-refractivity contribution in [2.24, 2.45) is 5.92 Å². The number of alkyl halides is 2. The molecule has 3 aromatic heterocycles. The van der Waals surface area contributed by atoms with Gasteiger partial charge in [-0.2, -0.15) is 19.0 Å². The quantitative estimate of drug-likeness (QED) is 0.249. The minimum absolute atomic E-state index is 0.0932. The topological polar surface area (TPSA) is 133 Å². The van der Waals surface area contributed by atoms with Gasteiger partial charge in [-0.15, -0.1) is 0 Å². The summed E-state index contributed by atoms with van der Waals surface area (Å²) >= 11 is 6.24. The molecule has 2 fully saturated rings. The zero-order valence-electron chi connectivity index (χ0n) is 27.8. The van der Waals surface area contributed by atoms with Crippen molar-refractivity contribution >= 4 is 40.7 Å². The zero-order valence-corrected chi connectivity index (χ0v) is 28.6. The van der Waals surface area contributed by atoms with Crippen LogP contribution in [0.2, 0.25) is 5.02 Å². The number of amides is 3. The van der Waals surface area contributed by atoms with Gasteiger partial charge in [0.15, 0.2) is 5.65 Å². The van der Waals surface area contributed by atoms with Gasteiger partial charge in [-0.1, -0.05) is 11.6 Å². The van der Waals surface area contributed by atoms with E-state index in [0.717, 1.165) is 45.6 Å². The molecule has 0 radical (unpaired) electrons. The number of hydrogen-bond acceptors (Lipinski definition) is 9. The number of anilines is 1. The van der Waals surface area contributed by atoms with Crippen LogP contribution in [0.3, 0.4) is 0 Å². The molecule has 0 bridgehead atoms. The number of aromatic nitrogens is 5. The fourth-order valence-electron chi connectivity index (χ4n) is 6.30. The second kappa shape index (κ2) is 15.5. The highest BCUT2D eigenvalue weighted by molar-refractivity contribution is 6.31. The number of nitrogens with one attached hydrogen (secondary N) is 1. The molecular weight excluding hydrogens is 674 g/mol. The first kappa shape index (κ1) is 35.2. The molecule has 2 aliphatic heterocycles. The van der Waals surface area contributed by atoms with Crippen LogP contribution in [-0.4, -0.2) is 135 Å². The molecule has 0 saturated carbocycles. The van der Waals surface area contributed by atoms with Crippen LogP contribution in [-0.2, 0) is 16.1 Å². The number of fused-ring (bicyclic) bond motifs is 1. The SMILES string of the molecule is CN(C)C(=O)CN1CCC(CN2CCN(C(=O)Cn3cc(NC(=O)c4cnn5cccnc45)c(-c4cc(Cl)ccc4OC(F)F)n3)CC2)CC1. The van der Waals surface area contributed by atoms with Gasteiger partial charge in [0.2, 0.25) is 11.8 Å². The number of likely N-dealkylation sites (tertiary alicyclic amines) is 1. The Hall–Kier alpha value is -4.67. The van der Waals surface area contributed by atoms with Gasteiger partial charge in [0, 0.05) is 76.0 Å². The minimum Gasteiger partial charge on any atom is -0.434 e. The van der Waals surface area contributed by atoms with Gasteiger partial charge < -0.3 is 19.9 Å². The summed E-state index contributed by atoms with van der Waals surface area (Å²) in [5.74, 6) is -0.267. The van der Waals surface area contributed by atoms with Crippen LogP contribution in [0.15, 0.2) is 49.1 Å². The number of carbonyl (C=O) groups is 3. The normalized spacial score (nSPS) is 16.2. The number of piperazine rings is 1. The van der Waals surface area contributed by atoms with Gasteiger partial charge in [-0.3, -0.25) is 28.9 Å². The van der Waals surface area contributed by atoms with Crippen molar-refractivity contribution in [1.29, 1.82) is 0 Å². The van der Waals surface area contributed by atoms with E-state index in [1.807, 2.05) is 0 Å². The van der Waals surface area contributed by atoms with Crippen LogP contribution in [0.1, 0.15) is 23.2 Å². The first-order valence-electron chi connectivity index (χ1n) is 16.4. The van der Waals surface area contributed by atoms with Crippen molar-refractivity contribution in [3.05, 3.63) is 59.6 Å². The van der Waals surface area contributed by atoms with Crippen LogP contribution < -0.4 is 10.1 Å². The fraction of sp³-hybridized carbons (Fsp3) is 0.455. The summed E-state index contributed by atoms with van der Waals surface area (Å²) in [5.41, 5.74) is 0.858. The Balaban J connectivity index is 1.12. The first-order valence-corrected chi connectivity index (χ1v) is 16.8. The number of halogens is 3. The molecule has 2 aliphatic rings. The number of hydrogen-bond donors (Lipinski definition) is 1. The third-order valence-electron chi connectivity index (χ3n) is 9.05. The number of likely N-dealkylation sites (N-methyl/N-ethyl adjacent to an activating group) is 1. The van der Waals surface area contributed by atoms with E-state index >= 15 is 0 Å². The smallest absolute Gasteiger partial charge is 0.387 e. The predicted octanol–water partition coefficient (Wildman–Crippen LogP) is 3.04. The summed E-state index contributed by atoms with van der Waals surface area (Å²) < 4.78 is 34.3. The van der Waals surface area contributed by atoms with Gasteiger partial charge in [0.1, 0.15) is 23.6 Å². The molecule has 266 valence electrons. The van der Waals surface area contributed by atoms with Gasteiger partial charge in [-0.05, 0) is 56.1 Å². The van der Waals surface area contributed by atoms with Crippen LogP contribution in [0.5, 0.6) is 5.75 Å². The Morgan fingerprint density at radius 1 is 1.06 bits per heavy atom. The number of carbonyl (C=O) groups excluding carboxylic acids is 3. The van der Waals surface area contributed by atoms with Crippen LogP contribution in [0.4, 0.5) is 14.5 Å². The molecule has 0 spiro atoms. The molecule has 2 saturated heterocycles. The van der Waals surface area contributed by atoms with Crippen molar-refractivity contribution in [2.45, 2.75) is 26.0 Å². The molecule has 5 heterocycles. The molecule has 0 unspecified atom stereocenters. The van der Waals surface area contributed by atoms with Crippen molar-refractivity contribution in [3.63, 3.8) is 0 Å². The van der Waals surface area contributed by atoms with E-state index in [1.54, 1.807) is 36.2 Å². The van der Waals surface area contributed by atoms with Gasteiger partial charge in [-0.25, -0.2) is 9.50 Å². The predicted molar refractivity (Wildman–Crippen MR) is 181 cm³/mol. The lowest BCUT2D eigenvalue weighted by Gasteiger charge is -2.38. The summed E-state index contributed by atoms with van der Waals surface area (Å²) in [7, 11) is 3.55. The van der Waals surface area contributed by atoms with Crippen molar-refractivity contribution in [2.75, 3.05) is 71.8 Å². The number of ether oxygens (including phenoxy) is 1. The van der Waals surface area contributed by atoms with E-state index in [1.165, 1.54) is 46.0 Å². The minimum atomic E-state index is -3.12. The van der Waals surface area contributed by atoms with Crippen LogP contribution in [0, 0.1) is 5.92 Å². The maximum atomic E-state index is 13.5. The second-order valence-corrected chi connectivity index (χ2v) is 13.1. The average molecular weight is 713 g/mol. The van der Waals surface area contributed by atoms with Crippen molar-refractivity contribution in [1.82, 2.24) is 44.0 Å². The molecule has 0 atom stereocenters. The number of benzene rings is 1. The van der Waals surface area contributed by atoms with E-state index in [2.05, 4.69) is 30.3 Å². The molecule has 3 amide bonds. The summed E-state index contributed by atoms with van der Waals surface area (Å²) in [6, 6.07) is 5.78. The Morgan fingerprint density at radius 3 is 2.54 bits per heavy atom. The van der Waals surface area contributed by atoms with Crippen molar-refractivity contribution in [3.8, 4) is 17.0 Å². The third kappa shape index (κ3) is 8.37. The lowest BCUT2D eigenvalue weighted by atomic mass is 9.96. The Kier molecular flexibility index (Phi) is 10.9. The maximum absolute atomic E-state index is 13.5. The van der Waals surface area contributed by atoms with Gasteiger partial charge in [0.05, 0.1) is 18.4 Å². The summed E-state index contributed by atoms with van der Waals surface area (Å²) in [4.78, 5) is 51.2. The number of piperidine rings is 1. The first-order chi connectivity index (χ1) is 24.0. The average Bonchev–Trinajstić information content (AvgIpc) is 3.70. The highest BCUT2D eigenvalue weighted by Gasteiger charge is 2.28. The molecule has 1 N–H and O–H groups in total. The standard InChI is InChI=1S/C33H39ClF2N10O4/c1-41(2)28(47)20-42-10-6-22(7-11-42)18-43-12-14-44(15-13-43)29(48)21-45-19-26(39-32(49)25-17-38-46-9-3-8-37-31(25)46)30(40-45)24-16-23(34)4-5-27(24)50-33(35)36/h3-5,8-9,16-17,19,22,33H,6-7,10-15,18,20-21H2,1-2H3,(H,39,49).